The first-order valence-corrected chi connectivity index (χ1v) is 18.7. The second kappa shape index (κ2) is 18.1. The summed E-state index contributed by atoms with van der Waals surface area (Å²) >= 11 is 0. The first-order valence-electron chi connectivity index (χ1n) is 18.7. The van der Waals surface area contributed by atoms with Crippen molar-refractivity contribution in [2.75, 3.05) is 24.2 Å². The normalized spacial score (nSPS) is 15.1. The fourth-order valence-corrected chi connectivity index (χ4v) is 6.64. The minimum atomic E-state index is -0.980. The van der Waals surface area contributed by atoms with E-state index in [1.807, 2.05) is 24.3 Å². The van der Waals surface area contributed by atoms with E-state index in [2.05, 4.69) is 26.1 Å². The number of piperidine rings is 1. The first kappa shape index (κ1) is 38.4. The van der Waals surface area contributed by atoms with E-state index in [1.165, 1.54) is 0 Å². The molecule has 3 heterocycles. The van der Waals surface area contributed by atoms with Gasteiger partial charge in [0.25, 0.3) is 11.8 Å². The molecule has 3 aromatic carbocycles. The van der Waals surface area contributed by atoms with Crippen molar-refractivity contribution < 1.29 is 33.8 Å². The molecule has 6 rings (SSSR count). The molecule has 0 radical (unpaired) electrons. The van der Waals surface area contributed by atoms with E-state index in [1.54, 1.807) is 48.5 Å². The topological polar surface area (TPSA) is 206 Å². The number of anilines is 2. The summed E-state index contributed by atoms with van der Waals surface area (Å²) < 4.78 is 5.88. The number of phenolic OH excluding ortho intramolecular Hbond substituents is 1. The van der Waals surface area contributed by atoms with Gasteiger partial charge in [0, 0.05) is 49.7 Å². The largest absolute Gasteiger partial charge is 0.507 e. The molecule has 55 heavy (non-hydrogen) atoms. The molecule has 2 aliphatic heterocycles. The Morgan fingerprint density at radius 2 is 1.58 bits per heavy atom. The number of phenols is 1. The Labute approximate surface area is 318 Å². The van der Waals surface area contributed by atoms with Gasteiger partial charge in [0.05, 0.1) is 17.7 Å². The van der Waals surface area contributed by atoms with Crippen molar-refractivity contribution in [2.45, 2.75) is 76.8 Å². The van der Waals surface area contributed by atoms with E-state index >= 15 is 0 Å². The molecular formula is C41H45N7O7. The number of unbranched alkanes of at least 4 members (excludes halogenated alkanes) is 5. The van der Waals surface area contributed by atoms with Crippen LogP contribution in [-0.2, 0) is 27.3 Å². The molecule has 286 valence electrons. The maximum atomic E-state index is 13.0. The van der Waals surface area contributed by atoms with E-state index in [4.69, 9.17) is 10.5 Å². The van der Waals surface area contributed by atoms with Gasteiger partial charge in [-0.2, -0.15) is 0 Å². The molecule has 0 spiro atoms. The summed E-state index contributed by atoms with van der Waals surface area (Å²) in [6.45, 7) is 1.54. The van der Waals surface area contributed by atoms with Crippen molar-refractivity contribution in [3.8, 4) is 22.8 Å². The summed E-state index contributed by atoms with van der Waals surface area (Å²) in [6.07, 6.45) is 7.16. The molecule has 4 aromatic rings. The average molecular weight is 748 g/mol. The van der Waals surface area contributed by atoms with E-state index in [-0.39, 0.29) is 41.4 Å². The Kier molecular flexibility index (Phi) is 12.7. The van der Waals surface area contributed by atoms with Crippen LogP contribution in [0.15, 0.2) is 72.8 Å². The number of fused-ring (bicyclic) bond motifs is 1. The molecule has 0 aliphatic carbocycles. The Balaban J connectivity index is 0.809. The summed E-state index contributed by atoms with van der Waals surface area (Å²) in [4.78, 5) is 63.1. The van der Waals surface area contributed by atoms with E-state index in [9.17, 15) is 29.1 Å². The number of carbonyl (C=O) groups is 5. The minimum absolute atomic E-state index is 0.0307. The fraction of sp³-hybridized carbons (Fsp3) is 0.341. The van der Waals surface area contributed by atoms with Gasteiger partial charge in [0.1, 0.15) is 17.5 Å². The zero-order valence-corrected chi connectivity index (χ0v) is 30.5. The molecular weight excluding hydrogens is 702 g/mol. The second-order valence-corrected chi connectivity index (χ2v) is 13.7. The Hall–Kier alpha value is -6.31. The third kappa shape index (κ3) is 9.82. The Morgan fingerprint density at radius 1 is 0.855 bits per heavy atom. The van der Waals surface area contributed by atoms with Crippen LogP contribution in [0.25, 0.3) is 11.3 Å². The quantitative estimate of drug-likeness (QED) is 0.0683. The zero-order valence-electron chi connectivity index (χ0n) is 30.5. The monoisotopic (exact) mass is 747 g/mol. The number of rotatable bonds is 18. The number of nitrogens with one attached hydrogen (secondary N) is 3. The summed E-state index contributed by atoms with van der Waals surface area (Å²) in [7, 11) is 0. The van der Waals surface area contributed by atoms with Crippen LogP contribution < -0.4 is 26.4 Å². The predicted octanol–water partition coefficient (Wildman–Crippen LogP) is 4.91. The van der Waals surface area contributed by atoms with Crippen molar-refractivity contribution in [1.82, 2.24) is 25.7 Å². The molecule has 5 amide bonds. The maximum Gasteiger partial charge on any atom is 0.262 e. The predicted molar refractivity (Wildman–Crippen MR) is 205 cm³/mol. The standard InChI is InChI=1S/C41H45N7O7/c42-38-35(24-32(46-47-38)30-9-6-7-10-34(30)49)55-22-20-26-12-14-27(15-13-26)25-44-36(50)11-5-3-1-2-4-8-21-43-28-16-17-29-31(23-28)41(54)48(40(29)53)33-18-19-37(51)45-39(33)52/h6-7,9-10,12-17,23-24,33,43,49H,1-5,8,11,18-22,25H2,(H2,42,47)(H,44,50)(H,45,51,52). The molecule has 1 unspecified atom stereocenters. The highest BCUT2D eigenvalue weighted by Crippen LogP contribution is 2.31. The van der Waals surface area contributed by atoms with Gasteiger partial charge in [0.2, 0.25) is 17.7 Å². The Bertz CT molecular complexity index is 2050. The van der Waals surface area contributed by atoms with Crippen LogP contribution in [0, 0.1) is 0 Å². The molecule has 1 atom stereocenters. The second-order valence-electron chi connectivity index (χ2n) is 13.7. The van der Waals surface area contributed by atoms with Crippen molar-refractivity contribution >= 4 is 41.0 Å². The lowest BCUT2D eigenvalue weighted by Crippen LogP contribution is -2.54. The number of nitrogen functional groups attached to an aromatic ring is 1. The number of benzene rings is 3. The maximum absolute atomic E-state index is 13.0. The highest BCUT2D eigenvalue weighted by molar-refractivity contribution is 6.23. The highest BCUT2D eigenvalue weighted by Gasteiger charge is 2.44. The molecule has 14 heteroatoms. The molecule has 6 N–H and O–H groups in total. The zero-order chi connectivity index (χ0) is 38.7. The van der Waals surface area contributed by atoms with Crippen LogP contribution in [0.5, 0.6) is 11.5 Å². The summed E-state index contributed by atoms with van der Waals surface area (Å²) in [5, 5.41) is 26.7. The molecule has 1 saturated heterocycles. The average Bonchev–Trinajstić information content (AvgIpc) is 3.42. The molecule has 14 nitrogen and oxygen atoms in total. The number of aromatic hydroxyl groups is 1. The van der Waals surface area contributed by atoms with Crippen LogP contribution in [0.4, 0.5) is 11.5 Å². The summed E-state index contributed by atoms with van der Waals surface area (Å²) in [5.74, 6) is -1.36. The molecule has 1 aromatic heterocycles. The number of carbonyl (C=O) groups excluding carboxylic acids is 5. The molecule has 0 bridgehead atoms. The van der Waals surface area contributed by atoms with Gasteiger partial charge >= 0.3 is 0 Å². The van der Waals surface area contributed by atoms with Gasteiger partial charge in [-0.25, -0.2) is 0 Å². The molecule has 2 aliphatic rings. The van der Waals surface area contributed by atoms with Gasteiger partial charge in [-0.15, -0.1) is 10.2 Å². The third-order valence-electron chi connectivity index (χ3n) is 9.73. The lowest BCUT2D eigenvalue weighted by atomic mass is 10.0. The van der Waals surface area contributed by atoms with Gasteiger partial charge in [-0.05, 0) is 60.7 Å². The van der Waals surface area contributed by atoms with Crippen LogP contribution in [0.2, 0.25) is 0 Å². The van der Waals surface area contributed by atoms with Crippen molar-refractivity contribution in [3.05, 3.63) is 95.1 Å². The number of para-hydroxylation sites is 1. The number of imide groups is 2. The van der Waals surface area contributed by atoms with Gasteiger partial charge in [-0.1, -0.05) is 62.1 Å². The van der Waals surface area contributed by atoms with Crippen molar-refractivity contribution in [3.63, 3.8) is 0 Å². The van der Waals surface area contributed by atoms with Crippen LogP contribution in [0.1, 0.15) is 89.6 Å². The van der Waals surface area contributed by atoms with E-state index in [0.717, 1.165) is 60.2 Å². The van der Waals surface area contributed by atoms with Crippen molar-refractivity contribution in [1.29, 1.82) is 0 Å². The third-order valence-corrected chi connectivity index (χ3v) is 9.73. The smallest absolute Gasteiger partial charge is 0.262 e. The van der Waals surface area contributed by atoms with Crippen molar-refractivity contribution in [2.24, 2.45) is 0 Å². The highest BCUT2D eigenvalue weighted by atomic mass is 16.5. The number of nitrogens with two attached hydrogens (primary N) is 1. The first-order chi connectivity index (χ1) is 26.7. The fourth-order valence-electron chi connectivity index (χ4n) is 6.64. The van der Waals surface area contributed by atoms with Gasteiger partial charge in [0.15, 0.2) is 11.6 Å². The number of amides is 5. The molecule has 1 fully saturated rings. The van der Waals surface area contributed by atoms with Crippen LogP contribution in [-0.4, -0.2) is 68.9 Å². The van der Waals surface area contributed by atoms with Gasteiger partial charge < -0.3 is 26.2 Å². The van der Waals surface area contributed by atoms with Crippen LogP contribution >= 0.6 is 0 Å². The number of ether oxygens (including phenoxy) is 1. The minimum Gasteiger partial charge on any atom is -0.507 e. The number of aromatic nitrogens is 2. The van der Waals surface area contributed by atoms with Gasteiger partial charge in [-0.3, -0.25) is 34.2 Å². The molecule has 0 saturated carbocycles. The SMILES string of the molecule is Nc1nnc(-c2ccccc2O)cc1OCCc1ccc(CNC(=O)CCCCCCCCNc2ccc3c(c2)C(=O)N(C2CCC(=O)NC2=O)C3=O)cc1. The number of hydrogen-bond donors (Lipinski definition) is 5. The lowest BCUT2D eigenvalue weighted by molar-refractivity contribution is -0.136. The lowest BCUT2D eigenvalue weighted by Gasteiger charge is -2.27. The van der Waals surface area contributed by atoms with E-state index < -0.39 is 29.7 Å². The summed E-state index contributed by atoms with van der Waals surface area (Å²) in [6, 6.07) is 20.6. The van der Waals surface area contributed by atoms with Crippen LogP contribution in [0.3, 0.4) is 0 Å². The van der Waals surface area contributed by atoms with E-state index in [0.29, 0.717) is 49.5 Å². The number of hydrogen-bond acceptors (Lipinski definition) is 11. The Morgan fingerprint density at radius 3 is 2.36 bits per heavy atom. The summed E-state index contributed by atoms with van der Waals surface area (Å²) in [5.41, 5.74) is 10.3. The number of nitrogens with zero attached hydrogens (tertiary/aromatic N) is 3.